The lowest BCUT2D eigenvalue weighted by Gasteiger charge is -2.20. The van der Waals surface area contributed by atoms with Crippen molar-refractivity contribution in [3.63, 3.8) is 0 Å². The van der Waals surface area contributed by atoms with Gasteiger partial charge in [0.1, 0.15) is 5.82 Å². The number of aromatic nitrogens is 2. The third-order valence-corrected chi connectivity index (χ3v) is 5.06. The van der Waals surface area contributed by atoms with Crippen molar-refractivity contribution in [2.45, 2.75) is 58.2 Å². The van der Waals surface area contributed by atoms with Gasteiger partial charge < -0.3 is 20.1 Å². The first-order valence-corrected chi connectivity index (χ1v) is 9.63. The molecule has 0 aliphatic heterocycles. The summed E-state index contributed by atoms with van der Waals surface area (Å²) in [6, 6.07) is 5.82. The molecule has 2 aromatic rings. The maximum Gasteiger partial charge on any atom is 0.317 e. The predicted molar refractivity (Wildman–Crippen MR) is 106 cm³/mol. The Labute approximate surface area is 160 Å². The molecule has 1 heterocycles. The number of nitrogens with one attached hydrogen (secondary N) is 2. The maximum absolute atomic E-state index is 12.4. The van der Waals surface area contributed by atoms with Crippen molar-refractivity contribution in [3.8, 4) is 0 Å². The Balaban J connectivity index is 1.73. The molecule has 3 rings (SSSR count). The van der Waals surface area contributed by atoms with Gasteiger partial charge in [0.2, 0.25) is 0 Å². The second-order valence-electron chi connectivity index (χ2n) is 7.71. The molecule has 0 atom stereocenters. The minimum Gasteiger partial charge on any atom is -0.350 e. The van der Waals surface area contributed by atoms with Gasteiger partial charge in [0.25, 0.3) is 5.91 Å². The molecule has 0 spiro atoms. The van der Waals surface area contributed by atoms with Gasteiger partial charge in [-0.25, -0.2) is 9.78 Å². The Kier molecular flexibility index (Phi) is 5.68. The first-order valence-electron chi connectivity index (χ1n) is 9.63. The molecule has 1 aliphatic rings. The number of rotatable bonds is 5. The lowest BCUT2D eigenvalue weighted by Crippen LogP contribution is -2.42. The largest absolute Gasteiger partial charge is 0.350 e. The van der Waals surface area contributed by atoms with E-state index in [1.807, 2.05) is 37.6 Å². The van der Waals surface area contributed by atoms with Crippen LogP contribution in [0.5, 0.6) is 0 Å². The van der Waals surface area contributed by atoms with Gasteiger partial charge in [-0.3, -0.25) is 4.79 Å². The zero-order valence-electron chi connectivity index (χ0n) is 16.6. The van der Waals surface area contributed by atoms with E-state index >= 15 is 0 Å². The van der Waals surface area contributed by atoms with E-state index in [9.17, 15) is 9.59 Å². The van der Waals surface area contributed by atoms with Crippen LogP contribution in [0.1, 0.15) is 55.7 Å². The molecular formula is C20H29N5O2. The Morgan fingerprint density at radius 2 is 2.00 bits per heavy atom. The summed E-state index contributed by atoms with van der Waals surface area (Å²) in [5, 5.41) is 5.98. The molecule has 27 heavy (non-hydrogen) atoms. The number of benzene rings is 1. The van der Waals surface area contributed by atoms with Crippen LogP contribution in [-0.4, -0.2) is 45.5 Å². The summed E-state index contributed by atoms with van der Waals surface area (Å²) in [6.07, 6.45) is 4.50. The van der Waals surface area contributed by atoms with E-state index in [4.69, 9.17) is 0 Å². The molecule has 0 unspecified atom stereocenters. The Morgan fingerprint density at radius 3 is 2.67 bits per heavy atom. The molecule has 1 saturated carbocycles. The zero-order chi connectivity index (χ0) is 19.6. The van der Waals surface area contributed by atoms with Crippen LogP contribution in [0.15, 0.2) is 18.2 Å². The summed E-state index contributed by atoms with van der Waals surface area (Å²) in [7, 11) is 3.71. The van der Waals surface area contributed by atoms with Gasteiger partial charge in [-0.1, -0.05) is 12.8 Å². The van der Waals surface area contributed by atoms with E-state index in [0.29, 0.717) is 18.2 Å². The predicted octanol–water partition coefficient (Wildman–Crippen LogP) is 2.80. The first kappa shape index (κ1) is 19.2. The Bertz CT molecular complexity index is 836. The number of carbonyl (C=O) groups excluding carboxylic acids is 2. The number of imidazole rings is 1. The number of fused-ring (bicyclic) bond motifs is 1. The number of amides is 3. The van der Waals surface area contributed by atoms with Crippen LogP contribution in [0.3, 0.4) is 0 Å². The van der Waals surface area contributed by atoms with Gasteiger partial charge in [0.05, 0.1) is 17.6 Å². The minimum atomic E-state index is -0.104. The molecule has 7 nitrogen and oxygen atoms in total. The molecule has 1 aromatic heterocycles. The van der Waals surface area contributed by atoms with E-state index in [2.05, 4.69) is 15.6 Å². The number of aryl methyl sites for hydroxylation is 1. The van der Waals surface area contributed by atoms with Crippen LogP contribution >= 0.6 is 0 Å². The van der Waals surface area contributed by atoms with Crippen LogP contribution in [-0.2, 0) is 13.6 Å². The van der Waals surface area contributed by atoms with Gasteiger partial charge >= 0.3 is 6.03 Å². The summed E-state index contributed by atoms with van der Waals surface area (Å²) < 4.78 is 1.97. The molecular weight excluding hydrogens is 342 g/mol. The molecule has 2 N–H and O–H groups in total. The standard InChI is InChI=1S/C20H29N5O2/c1-13(2)21-19(26)14-9-10-17-16(11-14)23-18(25(17)4)12-24(3)20(27)22-15-7-5-6-8-15/h9-11,13,15H,5-8,12H2,1-4H3,(H,21,26)(H,22,27). The molecule has 0 saturated heterocycles. The van der Waals surface area contributed by atoms with Gasteiger partial charge in [0, 0.05) is 31.7 Å². The third-order valence-electron chi connectivity index (χ3n) is 5.06. The van der Waals surface area contributed by atoms with E-state index in [1.54, 1.807) is 18.0 Å². The van der Waals surface area contributed by atoms with Crippen LogP contribution in [0, 0.1) is 0 Å². The van der Waals surface area contributed by atoms with Crippen LogP contribution in [0.2, 0.25) is 0 Å². The van der Waals surface area contributed by atoms with Gasteiger partial charge in [-0.05, 0) is 44.9 Å². The summed E-state index contributed by atoms with van der Waals surface area (Å²) in [6.45, 7) is 4.28. The molecule has 3 amide bonds. The van der Waals surface area contributed by atoms with Gasteiger partial charge in [0.15, 0.2) is 0 Å². The third kappa shape index (κ3) is 4.40. The van der Waals surface area contributed by atoms with Crippen LogP contribution in [0.4, 0.5) is 4.79 Å². The van der Waals surface area contributed by atoms with E-state index in [0.717, 1.165) is 29.7 Å². The average molecular weight is 371 g/mol. The zero-order valence-corrected chi connectivity index (χ0v) is 16.6. The number of carbonyl (C=O) groups is 2. The second-order valence-corrected chi connectivity index (χ2v) is 7.71. The van der Waals surface area contributed by atoms with Crippen molar-refractivity contribution >= 4 is 23.0 Å². The lowest BCUT2D eigenvalue weighted by atomic mass is 10.2. The Morgan fingerprint density at radius 1 is 1.30 bits per heavy atom. The first-order chi connectivity index (χ1) is 12.8. The number of urea groups is 1. The topological polar surface area (TPSA) is 79.3 Å². The van der Waals surface area contributed by atoms with Crippen molar-refractivity contribution in [2.24, 2.45) is 7.05 Å². The summed E-state index contributed by atoms with van der Waals surface area (Å²) >= 11 is 0. The molecule has 1 aromatic carbocycles. The van der Waals surface area contributed by atoms with Gasteiger partial charge in [-0.15, -0.1) is 0 Å². The van der Waals surface area contributed by atoms with E-state index in [-0.39, 0.29) is 18.0 Å². The van der Waals surface area contributed by atoms with Crippen molar-refractivity contribution in [1.29, 1.82) is 0 Å². The van der Waals surface area contributed by atoms with E-state index < -0.39 is 0 Å². The second kappa shape index (κ2) is 7.98. The highest BCUT2D eigenvalue weighted by Crippen LogP contribution is 2.19. The Hall–Kier alpha value is -2.57. The summed E-state index contributed by atoms with van der Waals surface area (Å²) in [5.41, 5.74) is 2.29. The fourth-order valence-corrected chi connectivity index (χ4v) is 3.52. The monoisotopic (exact) mass is 371 g/mol. The molecule has 0 bridgehead atoms. The van der Waals surface area contributed by atoms with Gasteiger partial charge in [-0.2, -0.15) is 0 Å². The highest BCUT2D eigenvalue weighted by Gasteiger charge is 2.20. The van der Waals surface area contributed by atoms with Crippen molar-refractivity contribution in [3.05, 3.63) is 29.6 Å². The van der Waals surface area contributed by atoms with E-state index in [1.165, 1.54) is 12.8 Å². The fourth-order valence-electron chi connectivity index (χ4n) is 3.52. The molecule has 1 fully saturated rings. The molecule has 1 aliphatic carbocycles. The summed E-state index contributed by atoms with van der Waals surface area (Å²) in [4.78, 5) is 30.9. The highest BCUT2D eigenvalue weighted by molar-refractivity contribution is 5.97. The highest BCUT2D eigenvalue weighted by atomic mass is 16.2. The van der Waals surface area contributed by atoms with Crippen molar-refractivity contribution < 1.29 is 9.59 Å². The number of hydrogen-bond acceptors (Lipinski definition) is 3. The number of nitrogens with zero attached hydrogens (tertiary/aromatic N) is 3. The average Bonchev–Trinajstić information content (AvgIpc) is 3.22. The summed E-state index contributed by atoms with van der Waals surface area (Å²) in [5.74, 6) is 0.683. The molecule has 7 heteroatoms. The SMILES string of the molecule is CC(C)NC(=O)c1ccc2c(c1)nc(CN(C)C(=O)NC1CCCC1)n2C. The molecule has 0 radical (unpaired) electrons. The lowest BCUT2D eigenvalue weighted by molar-refractivity contribution is 0.0943. The quantitative estimate of drug-likeness (QED) is 0.848. The minimum absolute atomic E-state index is 0.0639. The van der Waals surface area contributed by atoms with Crippen LogP contribution in [0.25, 0.3) is 11.0 Å². The van der Waals surface area contributed by atoms with Crippen molar-refractivity contribution in [1.82, 2.24) is 25.1 Å². The number of hydrogen-bond donors (Lipinski definition) is 2. The molecule has 146 valence electrons. The fraction of sp³-hybridized carbons (Fsp3) is 0.550. The smallest absolute Gasteiger partial charge is 0.317 e. The van der Waals surface area contributed by atoms with Crippen molar-refractivity contribution in [2.75, 3.05) is 7.05 Å². The normalized spacial score (nSPS) is 14.7. The van der Waals surface area contributed by atoms with Crippen LogP contribution < -0.4 is 10.6 Å². The maximum atomic E-state index is 12.4.